The van der Waals surface area contributed by atoms with Crippen LogP contribution in [0.25, 0.3) is 0 Å². The molecule has 0 bridgehead atoms. The van der Waals surface area contributed by atoms with Crippen molar-refractivity contribution >= 4 is 17.5 Å². The molecule has 0 aliphatic carbocycles. The molecule has 0 aliphatic rings. The Morgan fingerprint density at radius 1 is 1.03 bits per heavy atom. The minimum absolute atomic E-state index is 0.200. The second-order valence-corrected chi connectivity index (χ2v) is 7.67. The van der Waals surface area contributed by atoms with Crippen LogP contribution in [0, 0.1) is 6.92 Å². The van der Waals surface area contributed by atoms with Crippen LogP contribution in [0.5, 0.6) is 0 Å². The van der Waals surface area contributed by atoms with Crippen LogP contribution in [-0.2, 0) is 19.6 Å². The summed E-state index contributed by atoms with van der Waals surface area (Å²) in [7, 11) is 0. The first kappa shape index (κ1) is 22.1. The highest BCUT2D eigenvalue weighted by molar-refractivity contribution is 6.33. The van der Waals surface area contributed by atoms with E-state index in [-0.39, 0.29) is 5.91 Å². The molecule has 1 amide bonds. The average molecular weight is 425 g/mol. The highest BCUT2D eigenvalue weighted by Crippen LogP contribution is 2.21. The Kier molecular flexibility index (Phi) is 7.66. The average Bonchev–Trinajstić information content (AvgIpc) is 3.04. The number of hydrogen-bond acceptors (Lipinski definition) is 3. The van der Waals surface area contributed by atoms with Crippen molar-refractivity contribution in [3.05, 3.63) is 87.7 Å². The van der Waals surface area contributed by atoms with Gasteiger partial charge in [-0.3, -0.25) is 9.69 Å². The largest absolute Gasteiger partial charge is 0.348 e. The number of nitrogens with zero attached hydrogens (tertiary/aromatic N) is 3. The van der Waals surface area contributed by atoms with Crippen LogP contribution in [0.1, 0.15) is 46.6 Å². The van der Waals surface area contributed by atoms with E-state index in [0.29, 0.717) is 29.5 Å². The Morgan fingerprint density at radius 3 is 2.33 bits per heavy atom. The summed E-state index contributed by atoms with van der Waals surface area (Å²) in [5, 5.41) is 7.87. The number of aromatic nitrogens is 2. The Morgan fingerprint density at radius 2 is 1.67 bits per heavy atom. The molecule has 0 saturated heterocycles. The molecule has 1 N–H and O–H groups in total. The Hall–Kier alpha value is -2.63. The van der Waals surface area contributed by atoms with Gasteiger partial charge in [0, 0.05) is 13.1 Å². The van der Waals surface area contributed by atoms with Crippen molar-refractivity contribution in [1.82, 2.24) is 20.0 Å². The van der Waals surface area contributed by atoms with Gasteiger partial charge < -0.3 is 5.32 Å². The molecule has 5 nitrogen and oxygen atoms in total. The van der Waals surface area contributed by atoms with E-state index in [1.807, 2.05) is 49.4 Å². The summed E-state index contributed by atoms with van der Waals surface area (Å²) in [5.41, 5.74) is 4.49. The molecule has 0 aliphatic heterocycles. The maximum absolute atomic E-state index is 12.9. The van der Waals surface area contributed by atoms with Crippen molar-refractivity contribution < 1.29 is 4.79 Å². The lowest BCUT2D eigenvalue weighted by atomic mass is 10.1. The molecule has 0 fully saturated rings. The Bertz CT molecular complexity index is 980. The van der Waals surface area contributed by atoms with E-state index in [4.69, 9.17) is 11.6 Å². The minimum atomic E-state index is -0.200. The number of amides is 1. The number of hydrogen-bond donors (Lipinski definition) is 1. The number of aryl methyl sites for hydroxylation is 1. The van der Waals surface area contributed by atoms with E-state index in [0.717, 1.165) is 30.8 Å². The van der Waals surface area contributed by atoms with Gasteiger partial charge in [-0.05, 0) is 36.7 Å². The molecule has 1 heterocycles. The molecule has 158 valence electrons. The van der Waals surface area contributed by atoms with Crippen molar-refractivity contribution in [1.29, 1.82) is 0 Å². The van der Waals surface area contributed by atoms with Crippen LogP contribution >= 0.6 is 11.6 Å². The molecule has 3 aromatic rings. The standard InChI is InChI=1S/C24H29ClN4O/c1-4-28(5-2)17-21-14-10-9-13-20(21)15-26-24(30)22-18(3)27-29(23(22)25)16-19-11-7-6-8-12-19/h6-14H,4-5,15-17H2,1-3H3,(H,26,30). The van der Waals surface area contributed by atoms with E-state index < -0.39 is 0 Å². The van der Waals surface area contributed by atoms with Crippen LogP contribution in [-0.4, -0.2) is 33.7 Å². The smallest absolute Gasteiger partial charge is 0.256 e. The van der Waals surface area contributed by atoms with Crippen molar-refractivity contribution in [2.24, 2.45) is 0 Å². The molecule has 3 rings (SSSR count). The van der Waals surface area contributed by atoms with Crippen molar-refractivity contribution in [3.8, 4) is 0 Å². The predicted octanol–water partition coefficient (Wildman–Crippen LogP) is 4.67. The molecule has 2 aromatic carbocycles. The summed E-state index contributed by atoms with van der Waals surface area (Å²) in [6.07, 6.45) is 0. The molecule has 0 atom stereocenters. The number of halogens is 1. The fourth-order valence-electron chi connectivity index (χ4n) is 3.51. The number of nitrogens with one attached hydrogen (secondary N) is 1. The first-order valence-corrected chi connectivity index (χ1v) is 10.7. The van der Waals surface area contributed by atoms with Gasteiger partial charge in [0.1, 0.15) is 5.15 Å². The summed E-state index contributed by atoms with van der Waals surface area (Å²) >= 11 is 6.53. The number of benzene rings is 2. The van der Waals surface area contributed by atoms with Gasteiger partial charge in [-0.2, -0.15) is 5.10 Å². The maximum atomic E-state index is 12.9. The first-order valence-electron chi connectivity index (χ1n) is 10.4. The third-order valence-corrected chi connectivity index (χ3v) is 5.70. The molecular formula is C24H29ClN4O. The quantitative estimate of drug-likeness (QED) is 0.543. The van der Waals surface area contributed by atoms with Crippen LogP contribution in [0.15, 0.2) is 54.6 Å². The lowest BCUT2D eigenvalue weighted by molar-refractivity contribution is 0.0950. The van der Waals surface area contributed by atoms with Crippen molar-refractivity contribution in [2.45, 2.75) is 40.4 Å². The van der Waals surface area contributed by atoms with E-state index in [2.05, 4.69) is 41.3 Å². The van der Waals surface area contributed by atoms with Gasteiger partial charge in [0.05, 0.1) is 17.8 Å². The second kappa shape index (κ2) is 10.4. The van der Waals surface area contributed by atoms with Gasteiger partial charge in [-0.25, -0.2) is 4.68 Å². The number of rotatable bonds is 9. The zero-order valence-corrected chi connectivity index (χ0v) is 18.6. The van der Waals surface area contributed by atoms with Gasteiger partial charge in [-0.15, -0.1) is 0 Å². The van der Waals surface area contributed by atoms with Gasteiger partial charge in [0.2, 0.25) is 0 Å². The summed E-state index contributed by atoms with van der Waals surface area (Å²) < 4.78 is 1.68. The lowest BCUT2D eigenvalue weighted by Gasteiger charge is -2.20. The fourth-order valence-corrected chi connectivity index (χ4v) is 3.83. The Balaban J connectivity index is 1.72. The van der Waals surface area contributed by atoms with Crippen LogP contribution in [0.3, 0.4) is 0 Å². The molecule has 6 heteroatoms. The Labute approximate surface area is 183 Å². The minimum Gasteiger partial charge on any atom is -0.348 e. The molecule has 0 unspecified atom stereocenters. The van der Waals surface area contributed by atoms with Crippen LogP contribution in [0.4, 0.5) is 0 Å². The molecule has 1 aromatic heterocycles. The lowest BCUT2D eigenvalue weighted by Crippen LogP contribution is -2.26. The monoisotopic (exact) mass is 424 g/mol. The van der Waals surface area contributed by atoms with Crippen molar-refractivity contribution in [3.63, 3.8) is 0 Å². The third kappa shape index (κ3) is 5.29. The van der Waals surface area contributed by atoms with Gasteiger partial charge in [0.15, 0.2) is 0 Å². The summed E-state index contributed by atoms with van der Waals surface area (Å²) in [4.78, 5) is 15.3. The highest BCUT2D eigenvalue weighted by Gasteiger charge is 2.20. The normalized spacial score (nSPS) is 11.1. The molecular weight excluding hydrogens is 396 g/mol. The zero-order chi connectivity index (χ0) is 21.5. The SMILES string of the molecule is CCN(CC)Cc1ccccc1CNC(=O)c1c(C)nn(Cc2ccccc2)c1Cl. The third-order valence-electron chi connectivity index (χ3n) is 5.31. The molecule has 0 saturated carbocycles. The summed E-state index contributed by atoms with van der Waals surface area (Å²) in [5.74, 6) is -0.200. The number of carbonyl (C=O) groups excluding carboxylic acids is 1. The van der Waals surface area contributed by atoms with Crippen molar-refractivity contribution in [2.75, 3.05) is 13.1 Å². The van der Waals surface area contributed by atoms with E-state index >= 15 is 0 Å². The highest BCUT2D eigenvalue weighted by atomic mass is 35.5. The van der Waals surface area contributed by atoms with Gasteiger partial charge in [-0.1, -0.05) is 80.0 Å². The maximum Gasteiger partial charge on any atom is 0.256 e. The molecule has 30 heavy (non-hydrogen) atoms. The summed E-state index contributed by atoms with van der Waals surface area (Å²) in [6.45, 7) is 9.97. The fraction of sp³-hybridized carbons (Fsp3) is 0.333. The zero-order valence-electron chi connectivity index (χ0n) is 17.9. The van der Waals surface area contributed by atoms with E-state index in [1.165, 1.54) is 5.56 Å². The van der Waals surface area contributed by atoms with E-state index in [1.54, 1.807) is 4.68 Å². The predicted molar refractivity (Wildman–Crippen MR) is 122 cm³/mol. The molecule has 0 spiro atoms. The second-order valence-electron chi connectivity index (χ2n) is 7.31. The van der Waals surface area contributed by atoms with Crippen LogP contribution in [0.2, 0.25) is 5.15 Å². The van der Waals surface area contributed by atoms with E-state index in [9.17, 15) is 4.79 Å². The van der Waals surface area contributed by atoms with Crippen LogP contribution < -0.4 is 5.32 Å². The first-order chi connectivity index (χ1) is 14.5. The topological polar surface area (TPSA) is 50.2 Å². The molecule has 0 radical (unpaired) electrons. The number of carbonyl (C=O) groups is 1. The van der Waals surface area contributed by atoms with Gasteiger partial charge in [0.25, 0.3) is 5.91 Å². The van der Waals surface area contributed by atoms with Gasteiger partial charge >= 0.3 is 0 Å². The summed E-state index contributed by atoms with van der Waals surface area (Å²) in [6, 6.07) is 18.2.